The van der Waals surface area contributed by atoms with Gasteiger partial charge in [-0.15, -0.1) is 0 Å². The van der Waals surface area contributed by atoms with E-state index in [-0.39, 0.29) is 12.6 Å². The number of furan rings is 1. The van der Waals surface area contributed by atoms with Crippen LogP contribution in [0, 0.1) is 0 Å². The van der Waals surface area contributed by atoms with Gasteiger partial charge in [0, 0.05) is 13.0 Å². The minimum atomic E-state index is -1.15. The molecule has 0 saturated carbocycles. The summed E-state index contributed by atoms with van der Waals surface area (Å²) in [6, 6.07) is 11.6. The van der Waals surface area contributed by atoms with Crippen LogP contribution in [-0.4, -0.2) is 36.8 Å². The van der Waals surface area contributed by atoms with Gasteiger partial charge in [0.25, 0.3) is 0 Å². The van der Waals surface area contributed by atoms with Crippen LogP contribution in [-0.2, 0) is 12.0 Å². The average Bonchev–Trinajstić information content (AvgIpc) is 3.26. The van der Waals surface area contributed by atoms with E-state index in [1.165, 1.54) is 5.56 Å². The Balaban J connectivity index is 1.56. The van der Waals surface area contributed by atoms with E-state index < -0.39 is 5.60 Å². The predicted molar refractivity (Wildman–Crippen MR) is 96.8 cm³/mol. The molecule has 0 aliphatic carbocycles. The maximum atomic E-state index is 10.5. The van der Waals surface area contributed by atoms with Gasteiger partial charge in [-0.3, -0.25) is 0 Å². The van der Waals surface area contributed by atoms with Crippen LogP contribution < -0.4 is 15.4 Å². The summed E-state index contributed by atoms with van der Waals surface area (Å²) in [5.74, 6) is 2.10. The van der Waals surface area contributed by atoms with Crippen LogP contribution in [0.3, 0.4) is 0 Å². The highest BCUT2D eigenvalue weighted by Gasteiger charge is 2.26. The Hall–Kier alpha value is -2.47. The number of aliphatic hydroxyl groups is 1. The van der Waals surface area contributed by atoms with E-state index >= 15 is 0 Å². The first-order valence-electron chi connectivity index (χ1n) is 8.61. The first-order chi connectivity index (χ1) is 12.1. The van der Waals surface area contributed by atoms with Crippen molar-refractivity contribution in [3.05, 3.63) is 54.0 Å². The monoisotopic (exact) mass is 343 g/mol. The van der Waals surface area contributed by atoms with Crippen molar-refractivity contribution in [2.24, 2.45) is 4.99 Å². The predicted octanol–water partition coefficient (Wildman–Crippen LogP) is 2.05. The highest BCUT2D eigenvalue weighted by Crippen LogP contribution is 2.27. The van der Waals surface area contributed by atoms with Crippen LogP contribution in [0.4, 0.5) is 0 Å². The Morgan fingerprint density at radius 1 is 1.28 bits per heavy atom. The third-order valence-corrected chi connectivity index (χ3v) is 4.15. The Bertz CT molecular complexity index is 685. The van der Waals surface area contributed by atoms with E-state index in [1.54, 1.807) is 25.3 Å². The number of hydrogen-bond acceptors (Lipinski definition) is 4. The molecule has 2 atom stereocenters. The van der Waals surface area contributed by atoms with Crippen molar-refractivity contribution in [1.82, 2.24) is 10.6 Å². The minimum absolute atomic E-state index is 0.0758. The standard InChI is InChI=1S/C19H25N3O3/c1-3-20-18(22-13-19(2,23)17-9-6-10-24-17)21-12-15-11-14-7-4-5-8-16(14)25-15/h4-10,15,23H,3,11-13H2,1-2H3,(H2,20,21,22). The summed E-state index contributed by atoms with van der Waals surface area (Å²) < 4.78 is 11.2. The molecule has 1 aliphatic heterocycles. The van der Waals surface area contributed by atoms with Gasteiger partial charge >= 0.3 is 0 Å². The van der Waals surface area contributed by atoms with Gasteiger partial charge in [-0.2, -0.15) is 0 Å². The largest absolute Gasteiger partial charge is 0.488 e. The summed E-state index contributed by atoms with van der Waals surface area (Å²) >= 11 is 0. The molecule has 3 rings (SSSR count). The lowest BCUT2D eigenvalue weighted by Gasteiger charge is -2.20. The maximum Gasteiger partial charge on any atom is 0.191 e. The molecule has 2 unspecified atom stereocenters. The molecule has 6 nitrogen and oxygen atoms in total. The Labute approximate surface area is 147 Å². The molecule has 0 bridgehead atoms. The lowest BCUT2D eigenvalue weighted by Crippen LogP contribution is -2.43. The van der Waals surface area contributed by atoms with Gasteiger partial charge in [0.05, 0.1) is 19.4 Å². The number of aliphatic imine (C=N–C) groups is 1. The van der Waals surface area contributed by atoms with Gasteiger partial charge in [-0.1, -0.05) is 18.2 Å². The molecule has 134 valence electrons. The second-order valence-corrected chi connectivity index (χ2v) is 6.38. The second-order valence-electron chi connectivity index (χ2n) is 6.38. The Morgan fingerprint density at radius 2 is 2.12 bits per heavy atom. The number of hydrogen-bond donors (Lipinski definition) is 3. The second kappa shape index (κ2) is 7.61. The number of nitrogens with one attached hydrogen (secondary N) is 2. The molecular formula is C19H25N3O3. The lowest BCUT2D eigenvalue weighted by atomic mass is 10.0. The van der Waals surface area contributed by atoms with E-state index in [4.69, 9.17) is 9.15 Å². The summed E-state index contributed by atoms with van der Waals surface area (Å²) in [7, 11) is 0. The van der Waals surface area contributed by atoms with E-state index in [0.29, 0.717) is 18.3 Å². The molecule has 0 saturated heterocycles. The van der Waals surface area contributed by atoms with E-state index in [1.807, 2.05) is 25.1 Å². The highest BCUT2D eigenvalue weighted by atomic mass is 16.5. The van der Waals surface area contributed by atoms with E-state index in [2.05, 4.69) is 21.7 Å². The van der Waals surface area contributed by atoms with Gasteiger partial charge in [0.15, 0.2) is 5.96 Å². The highest BCUT2D eigenvalue weighted by molar-refractivity contribution is 5.79. The zero-order chi connectivity index (χ0) is 17.7. The van der Waals surface area contributed by atoms with Crippen molar-refractivity contribution in [3.8, 4) is 5.75 Å². The van der Waals surface area contributed by atoms with Crippen molar-refractivity contribution in [3.63, 3.8) is 0 Å². The van der Waals surface area contributed by atoms with Crippen LogP contribution in [0.2, 0.25) is 0 Å². The number of fused-ring (bicyclic) bond motifs is 1. The van der Waals surface area contributed by atoms with Crippen molar-refractivity contribution in [2.75, 3.05) is 19.6 Å². The summed E-state index contributed by atoms with van der Waals surface area (Å²) in [4.78, 5) is 4.48. The van der Waals surface area contributed by atoms with Crippen LogP contribution in [0.5, 0.6) is 5.75 Å². The fraction of sp³-hybridized carbons (Fsp3) is 0.421. The molecule has 3 N–H and O–H groups in total. The Morgan fingerprint density at radius 3 is 2.84 bits per heavy atom. The molecule has 0 fully saturated rings. The number of rotatable bonds is 6. The van der Waals surface area contributed by atoms with Crippen molar-refractivity contribution < 1.29 is 14.3 Å². The van der Waals surface area contributed by atoms with Crippen LogP contribution in [0.15, 0.2) is 52.1 Å². The zero-order valence-corrected chi connectivity index (χ0v) is 14.7. The summed E-state index contributed by atoms with van der Waals surface area (Å²) in [5.41, 5.74) is 0.0864. The summed E-state index contributed by atoms with van der Waals surface area (Å²) in [6.07, 6.45) is 2.51. The van der Waals surface area contributed by atoms with Crippen LogP contribution in [0.1, 0.15) is 25.2 Å². The molecule has 25 heavy (non-hydrogen) atoms. The number of para-hydroxylation sites is 1. The van der Waals surface area contributed by atoms with Gasteiger partial charge in [0.2, 0.25) is 0 Å². The van der Waals surface area contributed by atoms with E-state index in [0.717, 1.165) is 18.7 Å². The molecule has 1 aromatic heterocycles. The molecule has 0 spiro atoms. The SMILES string of the molecule is CCNC(=NCC(C)(O)c1ccco1)NCC1Cc2ccccc2O1. The molecule has 1 aromatic carbocycles. The smallest absolute Gasteiger partial charge is 0.191 e. The van der Waals surface area contributed by atoms with Gasteiger partial charge in [-0.05, 0) is 37.6 Å². The normalized spacial score (nSPS) is 19.0. The maximum absolute atomic E-state index is 10.5. The van der Waals surface area contributed by atoms with E-state index in [9.17, 15) is 5.11 Å². The third-order valence-electron chi connectivity index (χ3n) is 4.15. The third kappa shape index (κ3) is 4.33. The molecule has 2 aromatic rings. The molecular weight excluding hydrogens is 318 g/mol. The summed E-state index contributed by atoms with van der Waals surface area (Å²) in [6.45, 7) is 5.27. The van der Waals surface area contributed by atoms with Gasteiger partial charge in [0.1, 0.15) is 23.2 Å². The molecule has 6 heteroatoms. The number of benzene rings is 1. The molecule has 0 amide bonds. The topological polar surface area (TPSA) is 79.0 Å². The quantitative estimate of drug-likeness (QED) is 0.553. The molecule has 0 radical (unpaired) electrons. The summed E-state index contributed by atoms with van der Waals surface area (Å²) in [5, 5.41) is 17.0. The van der Waals surface area contributed by atoms with Crippen molar-refractivity contribution in [1.29, 1.82) is 0 Å². The van der Waals surface area contributed by atoms with Gasteiger partial charge in [-0.25, -0.2) is 4.99 Å². The van der Waals surface area contributed by atoms with Crippen LogP contribution >= 0.6 is 0 Å². The zero-order valence-electron chi connectivity index (χ0n) is 14.7. The Kier molecular flexibility index (Phi) is 5.28. The number of ether oxygens (including phenoxy) is 1. The number of nitrogens with zero attached hydrogens (tertiary/aromatic N) is 1. The molecule has 2 heterocycles. The fourth-order valence-electron chi connectivity index (χ4n) is 2.82. The van der Waals surface area contributed by atoms with Crippen LogP contribution in [0.25, 0.3) is 0 Å². The average molecular weight is 343 g/mol. The molecule has 1 aliphatic rings. The lowest BCUT2D eigenvalue weighted by molar-refractivity contribution is 0.0437. The minimum Gasteiger partial charge on any atom is -0.488 e. The van der Waals surface area contributed by atoms with Crippen molar-refractivity contribution >= 4 is 5.96 Å². The van der Waals surface area contributed by atoms with Crippen molar-refractivity contribution in [2.45, 2.75) is 32.0 Å². The fourth-order valence-corrected chi connectivity index (χ4v) is 2.82. The van der Waals surface area contributed by atoms with Gasteiger partial charge < -0.3 is 24.9 Å². The first kappa shape index (κ1) is 17.4. The first-order valence-corrected chi connectivity index (χ1v) is 8.61. The number of guanidine groups is 1.